The summed E-state index contributed by atoms with van der Waals surface area (Å²) in [5.74, 6) is -3.42. The summed E-state index contributed by atoms with van der Waals surface area (Å²) >= 11 is 0. The van der Waals surface area contributed by atoms with Crippen LogP contribution >= 0.6 is 0 Å². The van der Waals surface area contributed by atoms with Crippen LogP contribution in [0.2, 0.25) is 0 Å². The first kappa shape index (κ1) is 2.37. The molecule has 2 N–H and O–H groups in total. The van der Waals surface area contributed by atoms with E-state index < -0.39 is 61.9 Å². The first-order valence-electron chi connectivity index (χ1n) is 8.56. The van der Waals surface area contributed by atoms with Crippen molar-refractivity contribution < 1.29 is 25.1 Å². The Balaban J connectivity index is 4.00. The van der Waals surface area contributed by atoms with Gasteiger partial charge in [-0.05, 0) is 16.9 Å². The smallest absolute Gasteiger partial charge is 0.423 e. The van der Waals surface area contributed by atoms with Gasteiger partial charge in [0.1, 0.15) is 0 Å². The number of benzene rings is 1. The zero-order valence-corrected chi connectivity index (χ0v) is 5.97. The van der Waals surface area contributed by atoms with Gasteiger partial charge in [-0.2, -0.15) is 0 Å². The predicted octanol–water partition coefficient (Wildman–Crippen LogP) is 0.490. The molecule has 0 amide bonds. The van der Waals surface area contributed by atoms with Gasteiger partial charge in [-0.1, -0.05) is 37.9 Å². The Morgan fingerprint density at radius 1 is 1.42 bits per heavy atom. The van der Waals surface area contributed by atoms with E-state index in [1.807, 2.05) is 0 Å². The highest BCUT2D eigenvalue weighted by Crippen LogP contribution is 2.11. The molecule has 1 rings (SSSR count). The molecule has 0 aromatic heterocycles. The van der Waals surface area contributed by atoms with Crippen LogP contribution in [0.25, 0.3) is 0 Å². The van der Waals surface area contributed by atoms with Crippen LogP contribution in [0.3, 0.4) is 0 Å². The lowest BCUT2D eigenvalue weighted by Gasteiger charge is -2.05. The Labute approximate surface area is 88.5 Å². The molecule has 2 nitrogen and oxygen atoms in total. The lowest BCUT2D eigenvalue weighted by atomic mass is 9.79. The zero-order chi connectivity index (χ0) is 18.5. The van der Waals surface area contributed by atoms with E-state index in [2.05, 4.69) is 0 Å². The molecule has 12 heavy (non-hydrogen) atoms. The minimum Gasteiger partial charge on any atom is -0.423 e. The van der Waals surface area contributed by atoms with Gasteiger partial charge >= 0.3 is 7.12 Å². The summed E-state index contributed by atoms with van der Waals surface area (Å²) in [6.45, 7) is -6.97. The van der Waals surface area contributed by atoms with Crippen LogP contribution < -0.4 is 5.46 Å². The van der Waals surface area contributed by atoms with Gasteiger partial charge in [-0.3, -0.25) is 0 Å². The quantitative estimate of drug-likeness (QED) is 0.642. The summed E-state index contributed by atoms with van der Waals surface area (Å²) in [5, 5.41) is 18.3. The normalized spacial score (nSPS) is 26.7. The number of rotatable bonds is 2. The Hall–Kier alpha value is -0.795. The van der Waals surface area contributed by atoms with Crippen LogP contribution in [0.15, 0.2) is 24.2 Å². The molecular weight excluding hydrogens is 151 g/mol. The fourth-order valence-corrected chi connectivity index (χ4v) is 0.576. The van der Waals surface area contributed by atoms with E-state index in [1.54, 1.807) is 0 Å². The van der Waals surface area contributed by atoms with E-state index in [0.29, 0.717) is 0 Å². The minimum atomic E-state index is -3.48. The van der Waals surface area contributed by atoms with E-state index in [1.165, 1.54) is 0 Å². The Morgan fingerprint density at radius 3 is 2.42 bits per heavy atom. The van der Waals surface area contributed by atoms with Gasteiger partial charge in [0.25, 0.3) is 0 Å². The van der Waals surface area contributed by atoms with Crippen LogP contribution in [-0.4, -0.2) is 17.2 Å². The van der Waals surface area contributed by atoms with E-state index in [-0.39, 0.29) is 0 Å². The average molecular weight is 175 g/mol. The molecule has 0 bridgehead atoms. The monoisotopic (exact) mass is 175 g/mol. The van der Waals surface area contributed by atoms with E-state index in [9.17, 15) is 0 Å². The van der Waals surface area contributed by atoms with Gasteiger partial charge in [-0.25, -0.2) is 0 Å². The van der Waals surface area contributed by atoms with E-state index in [4.69, 9.17) is 25.1 Å². The van der Waals surface area contributed by atoms with Crippen molar-refractivity contribution in [2.45, 2.75) is 19.6 Å². The molecule has 64 valence electrons. The summed E-state index contributed by atoms with van der Waals surface area (Å²) in [7, 11) is -2.38. The fraction of sp³-hybridized carbons (Fsp3) is 0.333. The zero-order valence-electron chi connectivity index (χ0n) is 17.0. The summed E-state index contributed by atoms with van der Waals surface area (Å²) in [5.41, 5.74) is -1.97. The Morgan fingerprint density at radius 2 is 2.00 bits per heavy atom. The molecular formula is C9H13BO2. The molecule has 0 spiro atoms. The fourth-order valence-electron chi connectivity index (χ4n) is 0.576. The van der Waals surface area contributed by atoms with Crippen LogP contribution in [-0.2, 0) is 0 Å². The molecule has 0 saturated carbocycles. The second-order valence-corrected chi connectivity index (χ2v) is 2.04. The number of hydrogen-bond acceptors (Lipinski definition) is 2. The van der Waals surface area contributed by atoms with Crippen molar-refractivity contribution in [2.24, 2.45) is 0 Å². The Bertz CT molecular complexity index is 578. The van der Waals surface area contributed by atoms with Gasteiger partial charge in [0.05, 0.1) is 5.48 Å². The third kappa shape index (κ3) is 2.09. The van der Waals surface area contributed by atoms with Crippen molar-refractivity contribution in [3.8, 4) is 0 Å². The number of hydrogen-bond donors (Lipinski definition) is 2. The first-order chi connectivity index (χ1) is 10.1. The van der Waals surface area contributed by atoms with Crippen molar-refractivity contribution in [1.29, 1.82) is 0 Å². The van der Waals surface area contributed by atoms with Crippen molar-refractivity contribution in [3.63, 3.8) is 0 Å². The summed E-state index contributed by atoms with van der Waals surface area (Å²) in [6.07, 6.45) is 0. The van der Waals surface area contributed by atoms with Gasteiger partial charge < -0.3 is 10.0 Å². The van der Waals surface area contributed by atoms with Crippen molar-refractivity contribution in [3.05, 3.63) is 29.7 Å². The second-order valence-electron chi connectivity index (χ2n) is 2.04. The topological polar surface area (TPSA) is 40.5 Å². The average Bonchev–Trinajstić information content (AvgIpc) is 2.33. The third-order valence-corrected chi connectivity index (χ3v) is 1.15. The molecule has 0 aliphatic rings. The van der Waals surface area contributed by atoms with Gasteiger partial charge in [0.2, 0.25) is 0 Å². The molecule has 0 unspecified atom stereocenters. The van der Waals surface area contributed by atoms with Crippen molar-refractivity contribution in [2.75, 3.05) is 0 Å². The van der Waals surface area contributed by atoms with E-state index >= 15 is 0 Å². The van der Waals surface area contributed by atoms with Crippen molar-refractivity contribution >= 4 is 12.6 Å². The molecule has 0 saturated heterocycles. The highest BCUT2D eigenvalue weighted by Gasteiger charge is 2.09. The molecule has 0 heterocycles. The SMILES string of the molecule is [2H]c1c([2H])c(C([2H])(C([2H])([2H])[2H])C([2H])([2H])[2H])c([2H])c([2H])c1B(O)O. The molecule has 0 aliphatic carbocycles. The van der Waals surface area contributed by atoms with Gasteiger partial charge in [0.15, 0.2) is 0 Å². The molecule has 0 radical (unpaired) electrons. The van der Waals surface area contributed by atoms with E-state index in [0.717, 1.165) is 0 Å². The second kappa shape index (κ2) is 3.74. The maximum atomic E-state index is 9.13. The van der Waals surface area contributed by atoms with Gasteiger partial charge in [0, 0.05) is 9.60 Å². The van der Waals surface area contributed by atoms with Gasteiger partial charge in [-0.15, -0.1) is 0 Å². The third-order valence-electron chi connectivity index (χ3n) is 1.15. The van der Waals surface area contributed by atoms with Crippen LogP contribution in [0, 0.1) is 0 Å². The first-order valence-corrected chi connectivity index (χ1v) is 3.06. The summed E-state index contributed by atoms with van der Waals surface area (Å²) in [6, 6.07) is -4.25. The molecule has 3 heteroatoms. The predicted molar refractivity (Wildman–Crippen MR) is 50.4 cm³/mol. The molecule has 0 fully saturated rings. The molecule has 0 atom stereocenters. The molecule has 1 aromatic carbocycles. The molecule has 1 aromatic rings. The Kier molecular flexibility index (Phi) is 0.738. The largest absolute Gasteiger partial charge is 0.488 e. The maximum Gasteiger partial charge on any atom is 0.488 e. The van der Waals surface area contributed by atoms with Crippen LogP contribution in [0.4, 0.5) is 0 Å². The van der Waals surface area contributed by atoms with Crippen LogP contribution in [0.1, 0.15) is 40.2 Å². The lowest BCUT2D eigenvalue weighted by molar-refractivity contribution is 0.426. The summed E-state index contributed by atoms with van der Waals surface area (Å²) < 4.78 is 82.8. The maximum absolute atomic E-state index is 9.13. The standard InChI is InChI=1S/C9H13BO2/c1-7(2)8-3-5-9(6-4-8)10(11)12/h3-7,11-12H,1-2H3/i1D3,2D3,3D,4D,5D,6D,7D. The lowest BCUT2D eigenvalue weighted by Crippen LogP contribution is -2.29. The van der Waals surface area contributed by atoms with Crippen LogP contribution in [0.5, 0.6) is 0 Å². The minimum absolute atomic E-state index is 0.831. The summed E-state index contributed by atoms with van der Waals surface area (Å²) in [4.78, 5) is 0. The highest BCUT2D eigenvalue weighted by atomic mass is 16.4. The highest BCUT2D eigenvalue weighted by molar-refractivity contribution is 6.58. The van der Waals surface area contributed by atoms with Crippen molar-refractivity contribution in [1.82, 2.24) is 0 Å². The molecule has 0 aliphatic heterocycles.